The van der Waals surface area contributed by atoms with Crippen LogP contribution in [0.5, 0.6) is 0 Å². The first-order valence-electron chi connectivity index (χ1n) is 7.86. The van der Waals surface area contributed by atoms with Crippen molar-refractivity contribution in [1.29, 1.82) is 0 Å². The Morgan fingerprint density at radius 1 is 1.07 bits per heavy atom. The number of carbonyl (C=O) groups excluding carboxylic acids is 1. The molecule has 1 aromatic heterocycles. The van der Waals surface area contributed by atoms with Gasteiger partial charge < -0.3 is 15.8 Å². The van der Waals surface area contributed by atoms with E-state index in [1.807, 2.05) is 31.2 Å². The lowest BCUT2D eigenvalue weighted by Crippen LogP contribution is -2.11. The number of esters is 1. The fourth-order valence-corrected chi connectivity index (χ4v) is 2.74. The third-order valence-electron chi connectivity index (χ3n) is 3.44. The van der Waals surface area contributed by atoms with E-state index in [0.717, 1.165) is 11.3 Å². The number of carbonyl (C=O) groups is 1. The predicted molar refractivity (Wildman–Crippen MR) is 104 cm³/mol. The number of anilines is 3. The van der Waals surface area contributed by atoms with Gasteiger partial charge in [0.25, 0.3) is 0 Å². The molecule has 0 aliphatic rings. The van der Waals surface area contributed by atoms with Crippen LogP contribution in [-0.2, 0) is 11.3 Å². The summed E-state index contributed by atoms with van der Waals surface area (Å²) in [7, 11) is 0. The molecule has 138 valence electrons. The molecule has 1 heterocycles. The Bertz CT molecular complexity index is 960. The van der Waals surface area contributed by atoms with Gasteiger partial charge >= 0.3 is 5.97 Å². The molecule has 0 aliphatic carbocycles. The molecule has 0 fully saturated rings. The summed E-state index contributed by atoms with van der Waals surface area (Å²) in [4.78, 5) is 24.4. The minimum atomic E-state index is -0.605. The molecule has 9 heteroatoms. The number of nitrogens with two attached hydrogens (primary N) is 1. The predicted octanol–water partition coefficient (Wildman–Crippen LogP) is 4.17. The van der Waals surface area contributed by atoms with Crippen molar-refractivity contribution in [3.05, 3.63) is 69.5 Å². The number of benzene rings is 2. The van der Waals surface area contributed by atoms with Gasteiger partial charge in [-0.15, -0.1) is 0 Å². The Balaban J connectivity index is 1.70. The molecular formula is C18H15Cl2N5O2. The Hall–Kier alpha value is -2.90. The van der Waals surface area contributed by atoms with Crippen LogP contribution in [0.3, 0.4) is 0 Å². The van der Waals surface area contributed by atoms with E-state index in [1.54, 1.807) is 0 Å². The number of ether oxygens (including phenoxy) is 1. The van der Waals surface area contributed by atoms with Crippen LogP contribution in [0.4, 0.5) is 17.6 Å². The molecule has 0 aliphatic heterocycles. The number of hydrogen-bond donors (Lipinski definition) is 2. The van der Waals surface area contributed by atoms with Crippen LogP contribution in [0.25, 0.3) is 0 Å². The van der Waals surface area contributed by atoms with Crippen molar-refractivity contribution >= 4 is 46.8 Å². The maximum Gasteiger partial charge on any atom is 0.338 e. The van der Waals surface area contributed by atoms with Crippen molar-refractivity contribution in [2.24, 2.45) is 0 Å². The highest BCUT2D eigenvalue weighted by Crippen LogP contribution is 2.20. The number of rotatable bonds is 5. The summed E-state index contributed by atoms with van der Waals surface area (Å²) < 4.78 is 5.21. The van der Waals surface area contributed by atoms with Gasteiger partial charge in [-0.2, -0.15) is 15.0 Å². The van der Waals surface area contributed by atoms with Crippen molar-refractivity contribution in [1.82, 2.24) is 15.0 Å². The van der Waals surface area contributed by atoms with E-state index in [4.69, 9.17) is 33.7 Å². The fourth-order valence-electron chi connectivity index (χ4n) is 2.21. The van der Waals surface area contributed by atoms with Crippen molar-refractivity contribution in [2.45, 2.75) is 13.5 Å². The zero-order valence-corrected chi connectivity index (χ0v) is 15.8. The van der Waals surface area contributed by atoms with Gasteiger partial charge in [-0.1, -0.05) is 40.9 Å². The molecule has 0 amide bonds. The quantitative estimate of drug-likeness (QED) is 0.615. The van der Waals surface area contributed by atoms with Crippen molar-refractivity contribution in [3.63, 3.8) is 0 Å². The first-order valence-corrected chi connectivity index (χ1v) is 8.62. The summed E-state index contributed by atoms with van der Waals surface area (Å²) >= 11 is 11.8. The highest BCUT2D eigenvalue weighted by molar-refractivity contribution is 6.35. The summed E-state index contributed by atoms with van der Waals surface area (Å²) in [5, 5.41) is 3.70. The lowest BCUT2D eigenvalue weighted by atomic mass is 10.2. The van der Waals surface area contributed by atoms with Crippen LogP contribution in [0.15, 0.2) is 42.5 Å². The van der Waals surface area contributed by atoms with E-state index >= 15 is 0 Å². The average molecular weight is 404 g/mol. The molecular weight excluding hydrogens is 389 g/mol. The van der Waals surface area contributed by atoms with Crippen LogP contribution in [0.1, 0.15) is 21.7 Å². The summed E-state index contributed by atoms with van der Waals surface area (Å²) in [6.07, 6.45) is 0. The molecule has 3 rings (SSSR count). The summed E-state index contributed by atoms with van der Waals surface area (Å²) in [6, 6.07) is 12.1. The van der Waals surface area contributed by atoms with Gasteiger partial charge in [0.1, 0.15) is 0 Å². The lowest BCUT2D eigenvalue weighted by Gasteiger charge is -2.08. The third kappa shape index (κ3) is 5.29. The zero-order chi connectivity index (χ0) is 19.4. The third-order valence-corrected chi connectivity index (χ3v) is 3.87. The van der Waals surface area contributed by atoms with Crippen molar-refractivity contribution in [2.75, 3.05) is 11.1 Å². The molecule has 3 aromatic rings. The Morgan fingerprint density at radius 2 is 1.74 bits per heavy atom. The molecule has 2 aromatic carbocycles. The number of aryl methyl sites for hydroxylation is 1. The zero-order valence-electron chi connectivity index (χ0n) is 14.2. The SMILES string of the molecule is Cc1ccc(Nc2nc(N)nc(COC(=O)c3cc(Cl)cc(Cl)c3)n2)cc1. The molecule has 27 heavy (non-hydrogen) atoms. The van der Waals surface area contributed by atoms with Crippen molar-refractivity contribution < 1.29 is 9.53 Å². The first-order chi connectivity index (χ1) is 12.9. The first kappa shape index (κ1) is 18.9. The van der Waals surface area contributed by atoms with Gasteiger partial charge in [0.2, 0.25) is 11.9 Å². The van der Waals surface area contributed by atoms with E-state index in [-0.39, 0.29) is 29.9 Å². The van der Waals surface area contributed by atoms with E-state index < -0.39 is 5.97 Å². The van der Waals surface area contributed by atoms with Gasteiger partial charge in [0, 0.05) is 15.7 Å². The minimum Gasteiger partial charge on any atom is -0.454 e. The highest BCUT2D eigenvalue weighted by atomic mass is 35.5. The number of hydrogen-bond acceptors (Lipinski definition) is 7. The Morgan fingerprint density at radius 3 is 2.41 bits per heavy atom. The van der Waals surface area contributed by atoms with E-state index in [2.05, 4.69) is 20.3 Å². The molecule has 7 nitrogen and oxygen atoms in total. The summed E-state index contributed by atoms with van der Waals surface area (Å²) in [6.45, 7) is 1.81. The van der Waals surface area contributed by atoms with Gasteiger partial charge in [-0.3, -0.25) is 0 Å². The lowest BCUT2D eigenvalue weighted by molar-refractivity contribution is 0.0462. The number of nitrogens with one attached hydrogen (secondary N) is 1. The largest absolute Gasteiger partial charge is 0.454 e. The van der Waals surface area contributed by atoms with E-state index in [9.17, 15) is 4.79 Å². The minimum absolute atomic E-state index is 0.0106. The van der Waals surface area contributed by atoms with Gasteiger partial charge in [0.05, 0.1) is 5.56 Å². The van der Waals surface area contributed by atoms with E-state index in [0.29, 0.717) is 10.0 Å². The standard InChI is InChI=1S/C18H15Cl2N5O2/c1-10-2-4-14(5-3-10)22-18-24-15(23-17(21)25-18)9-27-16(26)11-6-12(19)8-13(20)7-11/h2-8H,9H2,1H3,(H3,21,22,23,24,25). The Labute approximate surface area is 165 Å². The smallest absolute Gasteiger partial charge is 0.338 e. The van der Waals surface area contributed by atoms with Crippen LogP contribution in [0.2, 0.25) is 10.0 Å². The molecule has 3 N–H and O–H groups in total. The maximum absolute atomic E-state index is 12.2. The molecule has 0 saturated carbocycles. The highest BCUT2D eigenvalue weighted by Gasteiger charge is 2.12. The van der Waals surface area contributed by atoms with Gasteiger partial charge in [0.15, 0.2) is 12.4 Å². The normalized spacial score (nSPS) is 10.5. The van der Waals surface area contributed by atoms with Gasteiger partial charge in [-0.05, 0) is 37.3 Å². The van der Waals surface area contributed by atoms with Crippen LogP contribution < -0.4 is 11.1 Å². The van der Waals surface area contributed by atoms with Crippen LogP contribution >= 0.6 is 23.2 Å². The second-order valence-electron chi connectivity index (χ2n) is 5.66. The number of aromatic nitrogens is 3. The summed E-state index contributed by atoms with van der Waals surface area (Å²) in [5.41, 5.74) is 7.87. The molecule has 0 radical (unpaired) electrons. The monoisotopic (exact) mass is 403 g/mol. The number of halogens is 2. The van der Waals surface area contributed by atoms with Crippen LogP contribution in [-0.4, -0.2) is 20.9 Å². The Kier molecular flexibility index (Phi) is 5.73. The number of nitrogen functional groups attached to an aromatic ring is 1. The molecule has 0 unspecified atom stereocenters. The molecule has 0 atom stereocenters. The van der Waals surface area contributed by atoms with E-state index in [1.165, 1.54) is 18.2 Å². The van der Waals surface area contributed by atoms with Gasteiger partial charge in [-0.25, -0.2) is 4.79 Å². The average Bonchev–Trinajstić information content (AvgIpc) is 2.60. The van der Waals surface area contributed by atoms with Crippen molar-refractivity contribution in [3.8, 4) is 0 Å². The summed E-state index contributed by atoms with van der Waals surface area (Å²) in [5.74, 6) is -0.135. The van der Waals surface area contributed by atoms with Crippen LogP contribution in [0, 0.1) is 6.92 Å². The molecule has 0 saturated heterocycles. The fraction of sp³-hybridized carbons (Fsp3) is 0.111. The second-order valence-corrected chi connectivity index (χ2v) is 6.53. The molecule has 0 spiro atoms. The topological polar surface area (TPSA) is 103 Å². The number of nitrogens with zero attached hydrogens (tertiary/aromatic N) is 3. The molecule has 0 bridgehead atoms. The second kappa shape index (κ2) is 8.20. The maximum atomic E-state index is 12.2.